The molecule has 6 heteroatoms. The summed E-state index contributed by atoms with van der Waals surface area (Å²) in [6.07, 6.45) is 0. The van der Waals surface area contributed by atoms with Gasteiger partial charge in [-0.2, -0.15) is 0 Å². The molecule has 0 fully saturated rings. The van der Waals surface area contributed by atoms with Crippen LogP contribution in [0.25, 0.3) is 0 Å². The third-order valence-electron chi connectivity index (χ3n) is 1.85. The molecule has 0 amide bonds. The molecule has 0 aliphatic rings. The number of hydrogen-bond donors (Lipinski definition) is 3. The van der Waals surface area contributed by atoms with Gasteiger partial charge in [0, 0.05) is 28.9 Å². The molecule has 1 unspecified atom stereocenters. The Bertz CT molecular complexity index is 332. The number of pyridine rings is 1. The maximum atomic E-state index is 11.1. The Kier molecular flexibility index (Phi) is 5.06. The molecular formula is C9H16N4OS. The molecule has 1 aromatic rings. The molecule has 1 rings (SSSR count). The quantitative estimate of drug-likeness (QED) is 0.489. The van der Waals surface area contributed by atoms with E-state index in [1.165, 1.54) is 0 Å². The normalized spacial score (nSPS) is 12.1. The number of nitrogen functional groups attached to an aromatic ring is 1. The van der Waals surface area contributed by atoms with Crippen molar-refractivity contribution in [3.05, 3.63) is 18.2 Å². The van der Waals surface area contributed by atoms with Crippen molar-refractivity contribution in [2.45, 2.75) is 6.92 Å². The number of hydrogen-bond acceptors (Lipinski definition) is 5. The lowest BCUT2D eigenvalue weighted by Crippen LogP contribution is -2.14. The zero-order valence-corrected chi connectivity index (χ0v) is 9.51. The van der Waals surface area contributed by atoms with Gasteiger partial charge in [0.05, 0.1) is 0 Å². The molecule has 15 heavy (non-hydrogen) atoms. The molecule has 0 aliphatic heterocycles. The summed E-state index contributed by atoms with van der Waals surface area (Å²) >= 11 is 0. The van der Waals surface area contributed by atoms with Crippen LogP contribution in [0.5, 0.6) is 0 Å². The molecule has 0 spiro atoms. The van der Waals surface area contributed by atoms with Gasteiger partial charge in [0.1, 0.15) is 11.6 Å². The molecule has 84 valence electrons. The lowest BCUT2D eigenvalue weighted by molar-refractivity contribution is 0.684. The standard InChI is InChI=1S/C9H16N4OS/c1-2-15(14)7-6-11-8-4-3-5-9(12-8)13-10/h3-5H,2,6-7,10H2,1H3,(H2,11,12,13). The van der Waals surface area contributed by atoms with E-state index >= 15 is 0 Å². The summed E-state index contributed by atoms with van der Waals surface area (Å²) in [5.41, 5.74) is 2.47. The van der Waals surface area contributed by atoms with Gasteiger partial charge in [0.15, 0.2) is 0 Å². The number of nitrogens with zero attached hydrogens (tertiary/aromatic N) is 1. The highest BCUT2D eigenvalue weighted by molar-refractivity contribution is 7.84. The number of nitrogens with one attached hydrogen (secondary N) is 2. The fourth-order valence-corrected chi connectivity index (χ4v) is 1.67. The van der Waals surface area contributed by atoms with Gasteiger partial charge < -0.3 is 10.7 Å². The van der Waals surface area contributed by atoms with E-state index < -0.39 is 10.8 Å². The van der Waals surface area contributed by atoms with Gasteiger partial charge in [-0.05, 0) is 12.1 Å². The number of aromatic nitrogens is 1. The molecule has 5 nitrogen and oxygen atoms in total. The molecule has 0 saturated carbocycles. The van der Waals surface area contributed by atoms with Crippen molar-refractivity contribution in [3.63, 3.8) is 0 Å². The van der Waals surface area contributed by atoms with Gasteiger partial charge in [-0.1, -0.05) is 13.0 Å². The first-order valence-electron chi connectivity index (χ1n) is 4.78. The summed E-state index contributed by atoms with van der Waals surface area (Å²) in [6, 6.07) is 5.46. The first kappa shape index (κ1) is 11.9. The summed E-state index contributed by atoms with van der Waals surface area (Å²) in [4.78, 5) is 4.17. The maximum Gasteiger partial charge on any atom is 0.142 e. The lowest BCUT2D eigenvalue weighted by Gasteiger charge is -2.06. The van der Waals surface area contributed by atoms with Crippen molar-refractivity contribution >= 4 is 22.4 Å². The van der Waals surface area contributed by atoms with Crippen molar-refractivity contribution < 1.29 is 4.21 Å². The zero-order valence-electron chi connectivity index (χ0n) is 8.69. The van der Waals surface area contributed by atoms with E-state index in [9.17, 15) is 4.21 Å². The van der Waals surface area contributed by atoms with Crippen LogP contribution in [0.2, 0.25) is 0 Å². The topological polar surface area (TPSA) is 80.0 Å². The minimum Gasteiger partial charge on any atom is -0.369 e. The lowest BCUT2D eigenvalue weighted by atomic mass is 10.4. The van der Waals surface area contributed by atoms with E-state index in [-0.39, 0.29) is 0 Å². The second-order valence-electron chi connectivity index (χ2n) is 2.91. The van der Waals surface area contributed by atoms with E-state index in [4.69, 9.17) is 5.84 Å². The van der Waals surface area contributed by atoms with Crippen LogP contribution in [0.1, 0.15) is 6.92 Å². The number of anilines is 2. The van der Waals surface area contributed by atoms with E-state index in [1.807, 2.05) is 19.1 Å². The van der Waals surface area contributed by atoms with Crippen molar-refractivity contribution in [3.8, 4) is 0 Å². The van der Waals surface area contributed by atoms with Crippen molar-refractivity contribution in [2.75, 3.05) is 28.8 Å². The highest BCUT2D eigenvalue weighted by Crippen LogP contribution is 2.07. The first-order chi connectivity index (χ1) is 7.26. The Balaban J connectivity index is 2.40. The smallest absolute Gasteiger partial charge is 0.142 e. The fourth-order valence-electron chi connectivity index (χ4n) is 1.05. The Morgan fingerprint density at radius 3 is 2.87 bits per heavy atom. The van der Waals surface area contributed by atoms with Crippen molar-refractivity contribution in [1.29, 1.82) is 0 Å². The Labute approximate surface area is 91.9 Å². The van der Waals surface area contributed by atoms with Gasteiger partial charge in [-0.3, -0.25) is 4.21 Å². The Morgan fingerprint density at radius 2 is 2.20 bits per heavy atom. The van der Waals surface area contributed by atoms with Crippen LogP contribution in [-0.2, 0) is 10.8 Å². The Morgan fingerprint density at radius 1 is 1.47 bits per heavy atom. The van der Waals surface area contributed by atoms with Gasteiger partial charge in [-0.15, -0.1) is 0 Å². The minimum atomic E-state index is -0.738. The minimum absolute atomic E-state index is 0.608. The largest absolute Gasteiger partial charge is 0.369 e. The third kappa shape index (κ3) is 4.26. The highest BCUT2D eigenvalue weighted by Gasteiger charge is 1.97. The molecule has 1 aromatic heterocycles. The SMILES string of the molecule is CCS(=O)CCNc1cccc(NN)n1. The molecule has 0 aromatic carbocycles. The average Bonchev–Trinajstić information content (AvgIpc) is 2.29. The van der Waals surface area contributed by atoms with Crippen LogP contribution in [0.4, 0.5) is 11.6 Å². The molecule has 0 saturated heterocycles. The maximum absolute atomic E-state index is 11.1. The van der Waals surface area contributed by atoms with Crippen LogP contribution < -0.4 is 16.6 Å². The second kappa shape index (κ2) is 6.36. The van der Waals surface area contributed by atoms with Crippen molar-refractivity contribution in [2.24, 2.45) is 5.84 Å². The van der Waals surface area contributed by atoms with E-state index in [2.05, 4.69) is 15.7 Å². The van der Waals surface area contributed by atoms with Crippen molar-refractivity contribution in [1.82, 2.24) is 4.98 Å². The zero-order chi connectivity index (χ0) is 11.1. The second-order valence-corrected chi connectivity index (χ2v) is 4.78. The average molecular weight is 228 g/mol. The van der Waals surface area contributed by atoms with Crippen LogP contribution in [0.3, 0.4) is 0 Å². The van der Waals surface area contributed by atoms with E-state index in [0.717, 1.165) is 5.82 Å². The summed E-state index contributed by atoms with van der Waals surface area (Å²) in [7, 11) is -0.738. The van der Waals surface area contributed by atoms with Crippen LogP contribution in [0.15, 0.2) is 18.2 Å². The summed E-state index contributed by atoms with van der Waals surface area (Å²) in [5.74, 6) is 7.90. The van der Waals surface area contributed by atoms with Gasteiger partial charge >= 0.3 is 0 Å². The predicted molar refractivity (Wildman–Crippen MR) is 64.1 cm³/mol. The third-order valence-corrected chi connectivity index (χ3v) is 3.16. The summed E-state index contributed by atoms with van der Waals surface area (Å²) in [6.45, 7) is 2.56. The van der Waals surface area contributed by atoms with Crippen LogP contribution in [0, 0.1) is 0 Å². The molecule has 4 N–H and O–H groups in total. The van der Waals surface area contributed by atoms with Gasteiger partial charge in [-0.25, -0.2) is 10.8 Å². The molecule has 0 bridgehead atoms. The number of rotatable bonds is 6. The molecule has 1 heterocycles. The number of hydrazine groups is 1. The summed E-state index contributed by atoms with van der Waals surface area (Å²) < 4.78 is 11.1. The number of nitrogens with two attached hydrogens (primary N) is 1. The van der Waals surface area contributed by atoms with Gasteiger partial charge in [0.2, 0.25) is 0 Å². The predicted octanol–water partition coefficient (Wildman–Crippen LogP) is 0.548. The van der Waals surface area contributed by atoms with Crippen LogP contribution >= 0.6 is 0 Å². The molecule has 0 radical (unpaired) electrons. The van der Waals surface area contributed by atoms with E-state index in [1.54, 1.807) is 6.07 Å². The molecular weight excluding hydrogens is 212 g/mol. The first-order valence-corrected chi connectivity index (χ1v) is 6.27. The van der Waals surface area contributed by atoms with Crippen LogP contribution in [-0.4, -0.2) is 27.2 Å². The highest BCUT2D eigenvalue weighted by atomic mass is 32.2. The van der Waals surface area contributed by atoms with E-state index in [0.29, 0.717) is 23.9 Å². The Hall–Kier alpha value is -1.14. The fraction of sp³-hybridized carbons (Fsp3) is 0.444. The molecule has 0 aliphatic carbocycles. The molecule has 1 atom stereocenters. The monoisotopic (exact) mass is 228 g/mol. The van der Waals surface area contributed by atoms with Gasteiger partial charge in [0.25, 0.3) is 0 Å². The summed E-state index contributed by atoms with van der Waals surface area (Å²) in [5, 5.41) is 3.08.